The molecule has 13 nitrogen and oxygen atoms in total. The molecule has 0 rings (SSSR count). The lowest BCUT2D eigenvalue weighted by atomic mass is 10.3. The van der Waals surface area contributed by atoms with Gasteiger partial charge in [0.05, 0.1) is 23.0 Å². The molecule has 0 aliphatic heterocycles. The Morgan fingerprint density at radius 2 is 0.742 bits per heavy atom. The Labute approximate surface area is 185 Å². The third-order valence-corrected chi connectivity index (χ3v) is 4.07. The second-order valence-corrected chi connectivity index (χ2v) is 7.14. The maximum absolute atomic E-state index is 10.0. The highest BCUT2D eigenvalue weighted by Gasteiger charge is 2.01. The minimum absolute atomic E-state index is 0.0962. The van der Waals surface area contributed by atoms with Crippen LogP contribution in [0.5, 0.6) is 0 Å². The first-order chi connectivity index (χ1) is 14.4. The molecule has 0 heterocycles. The monoisotopic (exact) mass is 490 g/mol. The Bertz CT molecular complexity index is 490. The standard InChI is InChI=1S/C8H14O5.2C4H6O4S/c9-7(10)3-1-5-13-6-2-4-8(11)12;2*5-3(6)1-9-2-4(7)8/h1-6H2,(H,9,10)(H,11,12);2*1-2H2,(H,5,6)(H,7,8). The van der Waals surface area contributed by atoms with Crippen LogP contribution in [-0.2, 0) is 33.5 Å². The number of ether oxygens (including phenoxy) is 1. The van der Waals surface area contributed by atoms with E-state index in [0.29, 0.717) is 26.1 Å². The van der Waals surface area contributed by atoms with Crippen molar-refractivity contribution in [2.45, 2.75) is 25.7 Å². The van der Waals surface area contributed by atoms with Gasteiger partial charge in [-0.15, -0.1) is 23.5 Å². The van der Waals surface area contributed by atoms with Gasteiger partial charge in [0, 0.05) is 26.1 Å². The Morgan fingerprint density at radius 1 is 0.484 bits per heavy atom. The maximum Gasteiger partial charge on any atom is 0.313 e. The number of hydrogen-bond donors (Lipinski definition) is 6. The Morgan fingerprint density at radius 3 is 0.935 bits per heavy atom. The van der Waals surface area contributed by atoms with Gasteiger partial charge in [-0.1, -0.05) is 0 Å². The SMILES string of the molecule is O=C(O)CCCOCCCC(=O)O.O=C(O)CSCC(=O)O.O=C(O)CSCC(=O)O. The van der Waals surface area contributed by atoms with Crippen LogP contribution in [-0.4, -0.2) is 103 Å². The van der Waals surface area contributed by atoms with Crippen molar-refractivity contribution >= 4 is 59.3 Å². The van der Waals surface area contributed by atoms with Crippen molar-refractivity contribution in [3.05, 3.63) is 0 Å². The van der Waals surface area contributed by atoms with Crippen molar-refractivity contribution in [3.8, 4) is 0 Å². The molecule has 0 atom stereocenters. The Balaban J connectivity index is -0.000000390. The minimum Gasteiger partial charge on any atom is -0.481 e. The predicted octanol–water partition coefficient (Wildman–Crippen LogP) is 0.510. The number of carboxylic acid groups (broad SMARTS) is 6. The van der Waals surface area contributed by atoms with E-state index >= 15 is 0 Å². The molecule has 0 saturated heterocycles. The predicted molar refractivity (Wildman–Crippen MR) is 110 cm³/mol. The van der Waals surface area contributed by atoms with E-state index in [1.54, 1.807) is 0 Å². The van der Waals surface area contributed by atoms with Crippen molar-refractivity contribution in [2.75, 3.05) is 36.2 Å². The van der Waals surface area contributed by atoms with Crippen molar-refractivity contribution < 1.29 is 64.1 Å². The molecule has 180 valence electrons. The van der Waals surface area contributed by atoms with Crippen molar-refractivity contribution in [2.24, 2.45) is 0 Å². The normalized spacial score (nSPS) is 9.29. The summed E-state index contributed by atoms with van der Waals surface area (Å²) in [6.07, 6.45) is 1.14. The van der Waals surface area contributed by atoms with Crippen LogP contribution in [0.15, 0.2) is 0 Å². The lowest BCUT2D eigenvalue weighted by Gasteiger charge is -2.00. The largest absolute Gasteiger partial charge is 0.481 e. The van der Waals surface area contributed by atoms with Crippen LogP contribution in [0.1, 0.15) is 25.7 Å². The first-order valence-corrected chi connectivity index (χ1v) is 10.7. The molecule has 0 radical (unpaired) electrons. The van der Waals surface area contributed by atoms with Crippen LogP contribution in [0.2, 0.25) is 0 Å². The zero-order chi connectivity index (χ0) is 24.7. The zero-order valence-corrected chi connectivity index (χ0v) is 18.1. The molecule has 0 spiro atoms. The van der Waals surface area contributed by atoms with Gasteiger partial charge in [-0.3, -0.25) is 28.8 Å². The van der Waals surface area contributed by atoms with Gasteiger partial charge < -0.3 is 35.4 Å². The van der Waals surface area contributed by atoms with E-state index in [0.717, 1.165) is 23.5 Å². The van der Waals surface area contributed by atoms with Crippen LogP contribution in [0.25, 0.3) is 0 Å². The van der Waals surface area contributed by atoms with Gasteiger partial charge in [-0.25, -0.2) is 0 Å². The summed E-state index contributed by atoms with van der Waals surface area (Å²) in [4.78, 5) is 59.2. The first kappa shape index (κ1) is 33.1. The number of thioether (sulfide) groups is 2. The van der Waals surface area contributed by atoms with Gasteiger partial charge in [-0.2, -0.15) is 0 Å². The summed E-state index contributed by atoms with van der Waals surface area (Å²) >= 11 is 1.74. The molecule has 15 heteroatoms. The fourth-order valence-corrected chi connectivity index (χ4v) is 2.11. The van der Waals surface area contributed by atoms with E-state index in [2.05, 4.69) is 0 Å². The summed E-state index contributed by atoms with van der Waals surface area (Å²) in [5.74, 6) is -6.20. The lowest BCUT2D eigenvalue weighted by molar-refractivity contribution is -0.138. The smallest absolute Gasteiger partial charge is 0.313 e. The average Bonchev–Trinajstić information content (AvgIpc) is 2.60. The van der Waals surface area contributed by atoms with E-state index in [4.69, 9.17) is 35.4 Å². The van der Waals surface area contributed by atoms with E-state index in [1.807, 2.05) is 0 Å². The lowest BCUT2D eigenvalue weighted by Crippen LogP contribution is -2.04. The number of rotatable bonds is 16. The molecule has 0 aromatic heterocycles. The third-order valence-electron chi connectivity index (χ3n) is 2.26. The van der Waals surface area contributed by atoms with Gasteiger partial charge >= 0.3 is 35.8 Å². The molecule has 6 N–H and O–H groups in total. The van der Waals surface area contributed by atoms with Crippen LogP contribution >= 0.6 is 23.5 Å². The number of aliphatic carboxylic acids is 6. The van der Waals surface area contributed by atoms with Gasteiger partial charge in [0.1, 0.15) is 0 Å². The fourth-order valence-electron chi connectivity index (χ4n) is 1.20. The quantitative estimate of drug-likeness (QED) is 0.162. The van der Waals surface area contributed by atoms with Crippen molar-refractivity contribution in [3.63, 3.8) is 0 Å². The zero-order valence-electron chi connectivity index (χ0n) is 16.4. The van der Waals surface area contributed by atoms with Crippen LogP contribution in [0.4, 0.5) is 0 Å². The summed E-state index contributed by atoms with van der Waals surface area (Å²) < 4.78 is 5.01. The van der Waals surface area contributed by atoms with Crippen molar-refractivity contribution in [1.29, 1.82) is 0 Å². The summed E-state index contributed by atoms with van der Waals surface area (Å²) in [5, 5.41) is 48.6. The molecular formula is C16H26O13S2. The molecule has 0 saturated carbocycles. The summed E-state index contributed by atoms with van der Waals surface area (Å²) in [5.41, 5.74) is 0. The second kappa shape index (κ2) is 23.8. The van der Waals surface area contributed by atoms with E-state index in [-0.39, 0.29) is 35.9 Å². The third kappa shape index (κ3) is 47.0. The van der Waals surface area contributed by atoms with Crippen molar-refractivity contribution in [1.82, 2.24) is 0 Å². The van der Waals surface area contributed by atoms with E-state index in [9.17, 15) is 28.8 Å². The van der Waals surface area contributed by atoms with Gasteiger partial charge in [0.25, 0.3) is 0 Å². The molecule has 0 bridgehead atoms. The van der Waals surface area contributed by atoms with Crippen LogP contribution in [0.3, 0.4) is 0 Å². The molecule has 0 aliphatic rings. The van der Waals surface area contributed by atoms with Crippen LogP contribution < -0.4 is 0 Å². The van der Waals surface area contributed by atoms with E-state index in [1.165, 1.54) is 0 Å². The number of carboxylic acids is 6. The van der Waals surface area contributed by atoms with Crippen LogP contribution in [0, 0.1) is 0 Å². The average molecular weight is 491 g/mol. The minimum atomic E-state index is -0.985. The molecule has 0 aliphatic carbocycles. The highest BCUT2D eigenvalue weighted by Crippen LogP contribution is 1.97. The Hall–Kier alpha value is -2.52. The summed E-state index contributed by atoms with van der Waals surface area (Å²) in [6.45, 7) is 0.762. The summed E-state index contributed by atoms with van der Waals surface area (Å²) in [6, 6.07) is 0. The first-order valence-electron chi connectivity index (χ1n) is 8.42. The molecule has 31 heavy (non-hydrogen) atoms. The number of carbonyl (C=O) groups is 6. The second-order valence-electron chi connectivity index (χ2n) is 5.17. The Kier molecular flexibility index (Phi) is 25.4. The van der Waals surface area contributed by atoms with Gasteiger partial charge in [-0.05, 0) is 12.8 Å². The topological polar surface area (TPSA) is 233 Å². The molecule has 0 unspecified atom stereocenters. The number of hydrogen-bond acceptors (Lipinski definition) is 9. The maximum atomic E-state index is 10.0. The highest BCUT2D eigenvalue weighted by atomic mass is 32.2. The van der Waals surface area contributed by atoms with Gasteiger partial charge in [0.2, 0.25) is 0 Å². The van der Waals surface area contributed by atoms with Gasteiger partial charge in [0.15, 0.2) is 0 Å². The fraction of sp³-hybridized carbons (Fsp3) is 0.625. The highest BCUT2D eigenvalue weighted by molar-refractivity contribution is 8.00. The molecule has 0 aromatic carbocycles. The molecular weight excluding hydrogens is 464 g/mol. The molecule has 0 fully saturated rings. The molecule has 0 aromatic rings. The van der Waals surface area contributed by atoms with E-state index < -0.39 is 35.8 Å². The summed E-state index contributed by atoms with van der Waals surface area (Å²) in [7, 11) is 0. The molecule has 0 amide bonds.